The van der Waals surface area contributed by atoms with Crippen molar-refractivity contribution in [1.29, 1.82) is 0 Å². The minimum atomic E-state index is -2.83. The molecule has 1 atom stereocenters. The van der Waals surface area contributed by atoms with Crippen molar-refractivity contribution in [2.24, 2.45) is 0 Å². The van der Waals surface area contributed by atoms with Gasteiger partial charge in [-0.1, -0.05) is 41.7 Å². The van der Waals surface area contributed by atoms with E-state index in [0.29, 0.717) is 49.3 Å². The molecule has 0 aliphatic carbocycles. The monoisotopic (exact) mass is 651 g/mol. The third-order valence-electron chi connectivity index (χ3n) is 9.06. The van der Waals surface area contributed by atoms with Crippen LogP contribution in [0.15, 0.2) is 60.9 Å². The molecule has 0 spiro atoms. The largest absolute Gasteiger partial charge is 0.392 e. The standard InChI is InChI=1S/C35H31F2N7O2S/c1-19-23(4-2-5-24(19)34-41-28-13-21(18-45)15-39-35(28)47-34)25-6-3-7-29-26(25)9-11-44(29)33-30-27(40-32(42-33)31(36)37)12-20(14-38-30)16-43-10-8-22(46)17-43/h2-7,12-15,22,31,45-46H,8-11,16-18H2,1H3/t22-/m1/s1. The molecule has 2 aliphatic rings. The summed E-state index contributed by atoms with van der Waals surface area (Å²) in [6, 6.07) is 16.0. The van der Waals surface area contributed by atoms with E-state index in [1.807, 2.05) is 35.2 Å². The van der Waals surface area contributed by atoms with Crippen LogP contribution < -0.4 is 4.90 Å². The van der Waals surface area contributed by atoms with E-state index in [2.05, 4.69) is 45.0 Å². The molecule has 6 heterocycles. The maximum atomic E-state index is 14.1. The van der Waals surface area contributed by atoms with Crippen molar-refractivity contribution in [2.45, 2.75) is 45.4 Å². The number of anilines is 2. The second-order valence-electron chi connectivity index (χ2n) is 12.1. The number of aromatic nitrogens is 5. The van der Waals surface area contributed by atoms with Crippen molar-refractivity contribution in [2.75, 3.05) is 24.5 Å². The quantitative estimate of drug-likeness (QED) is 0.204. The predicted octanol–water partition coefficient (Wildman–Crippen LogP) is 6.36. The van der Waals surface area contributed by atoms with E-state index in [1.165, 1.54) is 11.3 Å². The van der Waals surface area contributed by atoms with Gasteiger partial charge in [0.05, 0.1) is 18.2 Å². The zero-order valence-corrected chi connectivity index (χ0v) is 26.4. The van der Waals surface area contributed by atoms with Crippen LogP contribution in [-0.2, 0) is 19.6 Å². The summed E-state index contributed by atoms with van der Waals surface area (Å²) < 4.78 is 28.2. The van der Waals surface area contributed by atoms with Crippen LogP contribution >= 0.6 is 11.3 Å². The highest BCUT2D eigenvalue weighted by Gasteiger charge is 2.29. The molecule has 4 aromatic heterocycles. The van der Waals surface area contributed by atoms with Gasteiger partial charge in [0.15, 0.2) is 11.6 Å². The Bertz CT molecular complexity index is 2160. The van der Waals surface area contributed by atoms with Gasteiger partial charge in [0, 0.05) is 49.8 Å². The Balaban J connectivity index is 1.17. The van der Waals surface area contributed by atoms with Crippen molar-refractivity contribution in [1.82, 2.24) is 29.8 Å². The highest BCUT2D eigenvalue weighted by Crippen LogP contribution is 2.43. The van der Waals surface area contributed by atoms with Crippen LogP contribution in [0, 0.1) is 6.92 Å². The normalized spacial score (nSPS) is 16.6. The van der Waals surface area contributed by atoms with E-state index in [4.69, 9.17) is 9.97 Å². The van der Waals surface area contributed by atoms with E-state index in [0.717, 1.165) is 66.5 Å². The molecule has 12 heteroatoms. The number of fused-ring (bicyclic) bond motifs is 3. The zero-order valence-electron chi connectivity index (χ0n) is 25.6. The first-order valence-electron chi connectivity index (χ1n) is 15.6. The second kappa shape index (κ2) is 11.9. The number of hydrogen-bond donors (Lipinski definition) is 2. The molecule has 8 rings (SSSR count). The summed E-state index contributed by atoms with van der Waals surface area (Å²) in [5, 5.41) is 20.3. The Labute approximate surface area is 273 Å². The number of hydrogen-bond acceptors (Lipinski definition) is 10. The van der Waals surface area contributed by atoms with Gasteiger partial charge in [-0.3, -0.25) is 9.88 Å². The Morgan fingerprint density at radius 1 is 0.936 bits per heavy atom. The summed E-state index contributed by atoms with van der Waals surface area (Å²) in [6.07, 6.45) is 1.67. The smallest absolute Gasteiger partial charge is 0.297 e. The van der Waals surface area contributed by atoms with Gasteiger partial charge in [-0.2, -0.15) is 0 Å². The summed E-state index contributed by atoms with van der Waals surface area (Å²) in [6.45, 7) is 4.48. The highest BCUT2D eigenvalue weighted by molar-refractivity contribution is 7.21. The number of alkyl halides is 2. The molecule has 2 aliphatic heterocycles. The number of aliphatic hydroxyl groups excluding tert-OH is 2. The van der Waals surface area contributed by atoms with Crippen molar-refractivity contribution in [3.05, 3.63) is 89.0 Å². The lowest BCUT2D eigenvalue weighted by molar-refractivity contribution is 0.141. The molecule has 0 amide bonds. The molecule has 6 aromatic rings. The summed E-state index contributed by atoms with van der Waals surface area (Å²) in [4.78, 5) is 27.5. The van der Waals surface area contributed by atoms with Gasteiger partial charge < -0.3 is 15.1 Å². The molecule has 2 N–H and O–H groups in total. The predicted molar refractivity (Wildman–Crippen MR) is 178 cm³/mol. The van der Waals surface area contributed by atoms with Gasteiger partial charge in [0.25, 0.3) is 6.43 Å². The van der Waals surface area contributed by atoms with E-state index in [9.17, 15) is 19.0 Å². The summed E-state index contributed by atoms with van der Waals surface area (Å²) in [5.74, 6) is -0.147. The van der Waals surface area contributed by atoms with Crippen molar-refractivity contribution in [3.8, 4) is 21.7 Å². The number of rotatable bonds is 7. The van der Waals surface area contributed by atoms with Crippen molar-refractivity contribution in [3.63, 3.8) is 0 Å². The van der Waals surface area contributed by atoms with Gasteiger partial charge in [-0.15, -0.1) is 0 Å². The maximum Gasteiger partial charge on any atom is 0.297 e. The van der Waals surface area contributed by atoms with E-state index in [1.54, 1.807) is 12.4 Å². The lowest BCUT2D eigenvalue weighted by atomic mass is 9.92. The van der Waals surface area contributed by atoms with Crippen LogP contribution in [0.4, 0.5) is 20.3 Å². The fraction of sp³-hybridized carbons (Fsp3) is 0.286. The first-order valence-corrected chi connectivity index (χ1v) is 16.4. The van der Waals surface area contributed by atoms with Crippen LogP contribution in [0.5, 0.6) is 0 Å². The molecule has 0 bridgehead atoms. The Morgan fingerprint density at radius 3 is 2.53 bits per heavy atom. The third-order valence-corrected chi connectivity index (χ3v) is 10.1. The number of nitrogens with zero attached hydrogens (tertiary/aromatic N) is 7. The summed E-state index contributed by atoms with van der Waals surface area (Å²) in [5.41, 5.74) is 9.44. The number of halogens is 2. The lowest BCUT2D eigenvalue weighted by Crippen LogP contribution is -2.21. The Kier molecular flexibility index (Phi) is 7.60. The minimum Gasteiger partial charge on any atom is -0.392 e. The molecule has 238 valence electrons. The summed E-state index contributed by atoms with van der Waals surface area (Å²) in [7, 11) is 0. The van der Waals surface area contributed by atoms with Gasteiger partial charge in [-0.25, -0.2) is 28.7 Å². The lowest BCUT2D eigenvalue weighted by Gasteiger charge is -2.21. The summed E-state index contributed by atoms with van der Waals surface area (Å²) >= 11 is 1.52. The van der Waals surface area contributed by atoms with Gasteiger partial charge in [0.2, 0.25) is 0 Å². The Morgan fingerprint density at radius 2 is 1.72 bits per heavy atom. The first-order chi connectivity index (χ1) is 22.9. The molecule has 1 saturated heterocycles. The van der Waals surface area contributed by atoms with Gasteiger partial charge >= 0.3 is 0 Å². The molecule has 9 nitrogen and oxygen atoms in total. The molecular formula is C35H31F2N7O2S. The molecule has 47 heavy (non-hydrogen) atoms. The van der Waals surface area contributed by atoms with E-state index >= 15 is 0 Å². The zero-order chi connectivity index (χ0) is 32.2. The van der Waals surface area contributed by atoms with Crippen LogP contribution in [-0.4, -0.2) is 65.8 Å². The maximum absolute atomic E-state index is 14.1. The fourth-order valence-electron chi connectivity index (χ4n) is 6.78. The number of likely N-dealkylation sites (tertiary alicyclic amines) is 1. The van der Waals surface area contributed by atoms with Gasteiger partial charge in [-0.05, 0) is 71.3 Å². The number of thiazole rings is 1. The minimum absolute atomic E-state index is 0.0870. The highest BCUT2D eigenvalue weighted by atomic mass is 32.1. The fourth-order valence-corrected chi connectivity index (χ4v) is 7.75. The van der Waals surface area contributed by atoms with Crippen LogP contribution in [0.1, 0.15) is 40.9 Å². The number of β-amino-alcohol motifs (C(OH)–C–C–N with tert-alkyl or cyclic N) is 1. The van der Waals surface area contributed by atoms with E-state index < -0.39 is 12.2 Å². The second-order valence-corrected chi connectivity index (χ2v) is 13.1. The number of pyridine rings is 2. The average molecular weight is 652 g/mol. The van der Waals surface area contributed by atoms with E-state index in [-0.39, 0.29) is 12.7 Å². The van der Waals surface area contributed by atoms with Crippen molar-refractivity contribution >= 4 is 44.2 Å². The molecule has 2 aromatic carbocycles. The van der Waals surface area contributed by atoms with Crippen LogP contribution in [0.25, 0.3) is 43.1 Å². The Hall–Kier alpha value is -4.49. The number of benzene rings is 2. The third kappa shape index (κ3) is 5.40. The molecule has 0 unspecified atom stereocenters. The molecule has 1 fully saturated rings. The molecule has 0 saturated carbocycles. The van der Waals surface area contributed by atoms with Crippen LogP contribution in [0.2, 0.25) is 0 Å². The average Bonchev–Trinajstić information content (AvgIpc) is 3.82. The van der Waals surface area contributed by atoms with Crippen molar-refractivity contribution < 1.29 is 19.0 Å². The number of aliphatic hydroxyl groups is 2. The molecular weight excluding hydrogens is 620 g/mol. The van der Waals surface area contributed by atoms with Crippen LogP contribution in [0.3, 0.4) is 0 Å². The molecule has 0 radical (unpaired) electrons. The van der Waals surface area contributed by atoms with Gasteiger partial charge in [0.1, 0.15) is 20.9 Å². The SMILES string of the molecule is Cc1c(-c2nc3cc(CO)cnc3s2)cccc1-c1cccc2c1CCN2c1nc(C(F)F)nc2cc(CN3CC[C@@H](O)C3)cnc12. The first kappa shape index (κ1) is 29.9. The topological polar surface area (TPSA) is 111 Å².